The van der Waals surface area contributed by atoms with Crippen molar-refractivity contribution in [1.82, 2.24) is 15.3 Å². The highest BCUT2D eigenvalue weighted by Crippen LogP contribution is 2.47. The van der Waals surface area contributed by atoms with Crippen LogP contribution in [-0.4, -0.2) is 40.3 Å². The van der Waals surface area contributed by atoms with Crippen molar-refractivity contribution < 1.29 is 23.5 Å². The fourth-order valence-corrected chi connectivity index (χ4v) is 3.92. The molecule has 0 saturated heterocycles. The molecule has 10 nitrogen and oxygen atoms in total. The van der Waals surface area contributed by atoms with Gasteiger partial charge in [-0.2, -0.15) is 5.26 Å². The standard InChI is InChI=1S/C27H25FN6O4/c1-3-21(35)17-7-8-19(28)24(25(17)38-26(36)16-6-10-22(30-4-2)32-14-16)18-11-20(18)33-27(37)34-23-9-5-15(12-29)13-31-23/h5-10,13-14,18,20H,3-4,11H2,1-2H3,(H,30,32)(H2,31,33,34,37)/t18-,20?/m1/s1. The third kappa shape index (κ3) is 5.92. The fourth-order valence-electron chi connectivity index (χ4n) is 3.92. The number of benzene rings is 1. The number of aromatic nitrogens is 2. The van der Waals surface area contributed by atoms with Crippen LogP contribution >= 0.6 is 0 Å². The van der Waals surface area contributed by atoms with Gasteiger partial charge in [0.1, 0.15) is 29.3 Å². The number of nitrogens with zero attached hydrogens (tertiary/aromatic N) is 3. The largest absolute Gasteiger partial charge is 0.422 e. The summed E-state index contributed by atoms with van der Waals surface area (Å²) in [5.74, 6) is -1.60. The van der Waals surface area contributed by atoms with Crippen molar-refractivity contribution in [2.75, 3.05) is 17.2 Å². The summed E-state index contributed by atoms with van der Waals surface area (Å²) in [6, 6.07) is 9.51. The molecule has 38 heavy (non-hydrogen) atoms. The molecule has 0 bridgehead atoms. The number of ketones is 1. The highest BCUT2D eigenvalue weighted by molar-refractivity contribution is 6.01. The zero-order valence-corrected chi connectivity index (χ0v) is 20.7. The number of pyridine rings is 2. The van der Waals surface area contributed by atoms with E-state index in [0.29, 0.717) is 24.3 Å². The molecular formula is C27H25FN6O4. The highest BCUT2D eigenvalue weighted by atomic mass is 19.1. The van der Waals surface area contributed by atoms with Crippen LogP contribution in [0.25, 0.3) is 0 Å². The van der Waals surface area contributed by atoms with Crippen LogP contribution in [0, 0.1) is 17.1 Å². The van der Waals surface area contributed by atoms with E-state index in [1.165, 1.54) is 42.7 Å². The van der Waals surface area contributed by atoms with Gasteiger partial charge in [0.15, 0.2) is 5.78 Å². The molecule has 1 fully saturated rings. The lowest BCUT2D eigenvalue weighted by molar-refractivity contribution is 0.0729. The van der Waals surface area contributed by atoms with E-state index in [4.69, 9.17) is 10.00 Å². The molecule has 1 aromatic carbocycles. The molecule has 3 aromatic rings. The summed E-state index contributed by atoms with van der Waals surface area (Å²) >= 11 is 0. The number of Topliss-reactive ketones (excluding diaryl/α,β-unsaturated/α-hetero) is 1. The van der Waals surface area contributed by atoms with Crippen LogP contribution in [0.4, 0.5) is 20.8 Å². The summed E-state index contributed by atoms with van der Waals surface area (Å²) < 4.78 is 20.7. The molecule has 1 unspecified atom stereocenters. The number of carbonyl (C=O) groups excluding carboxylic acids is 3. The molecule has 11 heteroatoms. The second-order valence-electron chi connectivity index (χ2n) is 8.56. The number of halogens is 1. The highest BCUT2D eigenvalue weighted by Gasteiger charge is 2.44. The Balaban J connectivity index is 1.54. The lowest BCUT2D eigenvalue weighted by Crippen LogP contribution is -2.31. The van der Waals surface area contributed by atoms with E-state index in [1.807, 2.05) is 13.0 Å². The van der Waals surface area contributed by atoms with Crippen LogP contribution in [0.2, 0.25) is 0 Å². The Hall–Kier alpha value is -4.85. The summed E-state index contributed by atoms with van der Waals surface area (Å²) in [4.78, 5) is 46.2. The maximum atomic E-state index is 15.1. The van der Waals surface area contributed by atoms with Gasteiger partial charge < -0.3 is 15.4 Å². The molecule has 1 aliphatic carbocycles. The average Bonchev–Trinajstić information content (AvgIpc) is 3.67. The quantitative estimate of drug-likeness (QED) is 0.215. The Kier molecular flexibility index (Phi) is 7.91. The van der Waals surface area contributed by atoms with Gasteiger partial charge in [0.2, 0.25) is 0 Å². The minimum absolute atomic E-state index is 0.0525. The molecule has 2 atom stereocenters. The first-order chi connectivity index (χ1) is 18.3. The first kappa shape index (κ1) is 26.2. The number of ether oxygens (including phenoxy) is 1. The number of anilines is 2. The first-order valence-electron chi connectivity index (χ1n) is 12.1. The lowest BCUT2D eigenvalue weighted by atomic mass is 10.00. The molecule has 2 amide bonds. The summed E-state index contributed by atoms with van der Waals surface area (Å²) in [5, 5.41) is 17.2. The van der Waals surface area contributed by atoms with Crippen molar-refractivity contribution in [3.05, 3.63) is 76.9 Å². The van der Waals surface area contributed by atoms with Gasteiger partial charge in [0, 0.05) is 42.9 Å². The van der Waals surface area contributed by atoms with Gasteiger partial charge in [-0.05, 0) is 49.7 Å². The molecule has 1 saturated carbocycles. The predicted molar refractivity (Wildman–Crippen MR) is 137 cm³/mol. The van der Waals surface area contributed by atoms with Gasteiger partial charge in [0.05, 0.1) is 16.7 Å². The van der Waals surface area contributed by atoms with E-state index < -0.39 is 29.8 Å². The molecule has 0 radical (unpaired) electrons. The van der Waals surface area contributed by atoms with Gasteiger partial charge in [-0.3, -0.25) is 10.1 Å². The third-order valence-electron chi connectivity index (χ3n) is 5.93. The van der Waals surface area contributed by atoms with E-state index in [-0.39, 0.29) is 40.5 Å². The van der Waals surface area contributed by atoms with Gasteiger partial charge in [-0.25, -0.2) is 23.9 Å². The maximum absolute atomic E-state index is 15.1. The number of hydrogen-bond acceptors (Lipinski definition) is 8. The normalized spacial score (nSPS) is 15.6. The minimum Gasteiger partial charge on any atom is -0.422 e. The number of hydrogen-bond donors (Lipinski definition) is 3. The smallest absolute Gasteiger partial charge is 0.345 e. The minimum atomic E-state index is -0.785. The zero-order chi connectivity index (χ0) is 27.2. The molecule has 2 heterocycles. The maximum Gasteiger partial charge on any atom is 0.345 e. The van der Waals surface area contributed by atoms with E-state index in [1.54, 1.807) is 13.0 Å². The molecule has 4 rings (SSSR count). The second-order valence-corrected chi connectivity index (χ2v) is 8.56. The third-order valence-corrected chi connectivity index (χ3v) is 5.93. The van der Waals surface area contributed by atoms with Gasteiger partial charge in [-0.15, -0.1) is 0 Å². The molecule has 0 aliphatic heterocycles. The van der Waals surface area contributed by atoms with Crippen LogP contribution in [0.5, 0.6) is 5.75 Å². The van der Waals surface area contributed by atoms with Crippen molar-refractivity contribution in [3.63, 3.8) is 0 Å². The van der Waals surface area contributed by atoms with Crippen LogP contribution < -0.4 is 20.7 Å². The molecule has 0 spiro atoms. The molecule has 1 aliphatic rings. The van der Waals surface area contributed by atoms with Crippen LogP contribution in [0.15, 0.2) is 48.8 Å². The van der Waals surface area contributed by atoms with Crippen molar-refractivity contribution in [2.24, 2.45) is 0 Å². The number of rotatable bonds is 9. The predicted octanol–water partition coefficient (Wildman–Crippen LogP) is 4.41. The number of amides is 2. The number of urea groups is 1. The number of esters is 1. The van der Waals surface area contributed by atoms with Crippen molar-refractivity contribution in [1.29, 1.82) is 5.26 Å². The van der Waals surface area contributed by atoms with E-state index in [2.05, 4.69) is 25.9 Å². The second kappa shape index (κ2) is 11.5. The molecule has 2 aromatic heterocycles. The van der Waals surface area contributed by atoms with Crippen molar-refractivity contribution >= 4 is 29.4 Å². The van der Waals surface area contributed by atoms with Gasteiger partial charge in [-0.1, -0.05) is 6.92 Å². The van der Waals surface area contributed by atoms with Crippen LogP contribution in [0.1, 0.15) is 64.4 Å². The first-order valence-corrected chi connectivity index (χ1v) is 12.1. The number of nitrogens with one attached hydrogen (secondary N) is 3. The summed E-state index contributed by atoms with van der Waals surface area (Å²) in [6.45, 7) is 4.23. The topological polar surface area (TPSA) is 146 Å². The monoisotopic (exact) mass is 516 g/mol. The Bertz CT molecular complexity index is 1400. The SMILES string of the molecule is CCNc1ccc(C(=O)Oc2c(C(=O)CC)ccc(F)c2[C@@H]2CC2NC(=O)Nc2ccc(C#N)cn2)cn1. The van der Waals surface area contributed by atoms with E-state index in [0.717, 1.165) is 0 Å². The average molecular weight is 517 g/mol. The van der Waals surface area contributed by atoms with Crippen molar-refractivity contribution in [2.45, 2.75) is 38.6 Å². The Labute approximate surface area is 218 Å². The Morgan fingerprint density at radius 3 is 2.47 bits per heavy atom. The Morgan fingerprint density at radius 1 is 1.08 bits per heavy atom. The number of nitriles is 1. The van der Waals surface area contributed by atoms with E-state index in [9.17, 15) is 14.4 Å². The summed E-state index contributed by atoms with van der Waals surface area (Å²) in [7, 11) is 0. The van der Waals surface area contributed by atoms with Gasteiger partial charge >= 0.3 is 12.0 Å². The molecule has 194 valence electrons. The summed E-state index contributed by atoms with van der Waals surface area (Å²) in [5.41, 5.74) is 0.626. The fraction of sp³-hybridized carbons (Fsp3) is 0.259. The van der Waals surface area contributed by atoms with Crippen LogP contribution in [0.3, 0.4) is 0 Å². The van der Waals surface area contributed by atoms with Gasteiger partial charge in [0.25, 0.3) is 0 Å². The Morgan fingerprint density at radius 2 is 1.84 bits per heavy atom. The lowest BCUT2D eigenvalue weighted by Gasteiger charge is -2.15. The van der Waals surface area contributed by atoms with Crippen molar-refractivity contribution in [3.8, 4) is 11.8 Å². The van der Waals surface area contributed by atoms with E-state index >= 15 is 4.39 Å². The molecular weight excluding hydrogens is 491 g/mol. The summed E-state index contributed by atoms with van der Waals surface area (Å²) in [6.07, 6.45) is 3.16. The zero-order valence-electron chi connectivity index (χ0n) is 20.7. The molecule has 3 N–H and O–H groups in total. The number of carbonyl (C=O) groups is 3. The van der Waals surface area contributed by atoms with Crippen LogP contribution in [-0.2, 0) is 0 Å².